The summed E-state index contributed by atoms with van der Waals surface area (Å²) in [7, 11) is 0. The summed E-state index contributed by atoms with van der Waals surface area (Å²) in [5, 5.41) is 23.4. The highest BCUT2D eigenvalue weighted by molar-refractivity contribution is 5.83. The predicted octanol–water partition coefficient (Wildman–Crippen LogP) is 0.503. The van der Waals surface area contributed by atoms with Gasteiger partial charge in [-0.1, -0.05) is 6.92 Å². The van der Waals surface area contributed by atoms with E-state index in [2.05, 4.69) is 5.10 Å². The molecule has 1 amide bonds. The van der Waals surface area contributed by atoms with Crippen molar-refractivity contribution >= 4 is 17.7 Å². The highest BCUT2D eigenvalue weighted by Crippen LogP contribution is 2.23. The molecule has 1 saturated heterocycles. The van der Waals surface area contributed by atoms with E-state index in [0.29, 0.717) is 13.0 Å². The molecule has 0 bridgehead atoms. The Bertz CT molecular complexity index is 570. The summed E-state index contributed by atoms with van der Waals surface area (Å²) >= 11 is 0. The van der Waals surface area contributed by atoms with Crippen LogP contribution in [0.2, 0.25) is 0 Å². The van der Waals surface area contributed by atoms with Gasteiger partial charge in [0.1, 0.15) is 12.6 Å². The molecule has 1 fully saturated rings. The van der Waals surface area contributed by atoms with E-state index >= 15 is 0 Å². The van der Waals surface area contributed by atoms with Crippen LogP contribution in [0.1, 0.15) is 19.8 Å². The molecule has 1 aliphatic heterocycles. The molecule has 1 N–H and O–H groups in total. The lowest BCUT2D eigenvalue weighted by atomic mass is 9.92. The topological polar surface area (TPSA) is 119 Å². The van der Waals surface area contributed by atoms with E-state index in [-0.39, 0.29) is 18.3 Å². The average molecular weight is 296 g/mol. The number of carboxylic acid groups (broad SMARTS) is 1. The first-order valence-electron chi connectivity index (χ1n) is 6.58. The van der Waals surface area contributed by atoms with Crippen molar-refractivity contribution in [3.05, 3.63) is 22.4 Å². The molecule has 2 rings (SSSR count). The maximum atomic E-state index is 12.2. The van der Waals surface area contributed by atoms with Gasteiger partial charge >= 0.3 is 11.8 Å². The first-order valence-corrected chi connectivity index (χ1v) is 6.58. The number of hydrogen-bond donors (Lipinski definition) is 1. The van der Waals surface area contributed by atoms with Crippen LogP contribution in [0, 0.1) is 16.0 Å². The highest BCUT2D eigenvalue weighted by Gasteiger charge is 2.35. The van der Waals surface area contributed by atoms with Gasteiger partial charge in [-0.2, -0.15) is 4.68 Å². The van der Waals surface area contributed by atoms with Crippen molar-refractivity contribution in [3.63, 3.8) is 0 Å². The van der Waals surface area contributed by atoms with Gasteiger partial charge in [0, 0.05) is 6.54 Å². The number of carbonyl (C=O) groups is 2. The summed E-state index contributed by atoms with van der Waals surface area (Å²) in [6, 6.07) is 0.354. The molecule has 21 heavy (non-hydrogen) atoms. The van der Waals surface area contributed by atoms with Crippen molar-refractivity contribution in [2.24, 2.45) is 5.92 Å². The van der Waals surface area contributed by atoms with Crippen LogP contribution in [0.5, 0.6) is 0 Å². The van der Waals surface area contributed by atoms with Crippen molar-refractivity contribution in [1.29, 1.82) is 0 Å². The van der Waals surface area contributed by atoms with Gasteiger partial charge in [-0.3, -0.25) is 4.79 Å². The smallest absolute Gasteiger partial charge is 0.389 e. The fourth-order valence-corrected chi connectivity index (χ4v) is 2.44. The summed E-state index contributed by atoms with van der Waals surface area (Å²) in [5.41, 5.74) is 0. The summed E-state index contributed by atoms with van der Waals surface area (Å²) in [6.07, 6.45) is 2.49. The molecule has 2 unspecified atom stereocenters. The van der Waals surface area contributed by atoms with Crippen LogP contribution in [0.3, 0.4) is 0 Å². The minimum Gasteiger partial charge on any atom is -0.480 e. The number of nitro groups is 1. The van der Waals surface area contributed by atoms with Gasteiger partial charge in [-0.25, -0.2) is 4.79 Å². The van der Waals surface area contributed by atoms with Crippen LogP contribution in [-0.2, 0) is 16.1 Å². The van der Waals surface area contributed by atoms with Gasteiger partial charge in [0.2, 0.25) is 5.91 Å². The van der Waals surface area contributed by atoms with Gasteiger partial charge in [0.15, 0.2) is 0 Å². The molecule has 1 aromatic heterocycles. The molecule has 1 aromatic rings. The third-order valence-corrected chi connectivity index (χ3v) is 3.58. The summed E-state index contributed by atoms with van der Waals surface area (Å²) in [6.45, 7) is 2.13. The molecule has 9 heteroatoms. The zero-order valence-electron chi connectivity index (χ0n) is 11.5. The Morgan fingerprint density at radius 3 is 2.86 bits per heavy atom. The second-order valence-electron chi connectivity index (χ2n) is 5.20. The first kappa shape index (κ1) is 14.9. The molecule has 114 valence electrons. The highest BCUT2D eigenvalue weighted by atomic mass is 16.6. The zero-order valence-corrected chi connectivity index (χ0v) is 11.5. The number of carboxylic acids is 1. The molecule has 0 radical (unpaired) electrons. The van der Waals surface area contributed by atoms with Crippen LogP contribution in [0.15, 0.2) is 12.3 Å². The summed E-state index contributed by atoms with van der Waals surface area (Å²) in [5.74, 6) is -1.51. The summed E-state index contributed by atoms with van der Waals surface area (Å²) in [4.78, 5) is 34.7. The second-order valence-corrected chi connectivity index (χ2v) is 5.20. The standard InChI is InChI=1S/C12H16N4O5/c1-8-2-5-15(9(6-8)12(18)19)11(17)7-14-4-3-10(13-14)16(20)21/h3-4,8-9H,2,5-7H2,1H3,(H,18,19). The van der Waals surface area contributed by atoms with Gasteiger partial charge in [-0.15, -0.1) is 0 Å². The van der Waals surface area contributed by atoms with E-state index in [1.807, 2.05) is 6.92 Å². The fraction of sp³-hybridized carbons (Fsp3) is 0.583. The number of hydrogen-bond acceptors (Lipinski definition) is 5. The number of likely N-dealkylation sites (tertiary alicyclic amines) is 1. The third-order valence-electron chi connectivity index (χ3n) is 3.58. The Hall–Kier alpha value is -2.45. The normalized spacial score (nSPS) is 22.0. The van der Waals surface area contributed by atoms with E-state index < -0.39 is 22.8 Å². The van der Waals surface area contributed by atoms with E-state index in [0.717, 1.165) is 11.1 Å². The lowest BCUT2D eigenvalue weighted by molar-refractivity contribution is -0.389. The fourth-order valence-electron chi connectivity index (χ4n) is 2.44. The number of rotatable bonds is 4. The molecule has 1 aliphatic rings. The average Bonchev–Trinajstić information content (AvgIpc) is 2.87. The Morgan fingerprint density at radius 2 is 2.29 bits per heavy atom. The first-order chi connectivity index (χ1) is 9.88. The van der Waals surface area contributed by atoms with E-state index in [1.165, 1.54) is 17.2 Å². The molecule has 2 heterocycles. The number of piperidine rings is 1. The van der Waals surface area contributed by atoms with Gasteiger partial charge < -0.3 is 20.1 Å². The number of amides is 1. The van der Waals surface area contributed by atoms with Gasteiger partial charge in [0.25, 0.3) is 0 Å². The maximum absolute atomic E-state index is 12.2. The predicted molar refractivity (Wildman–Crippen MR) is 70.4 cm³/mol. The van der Waals surface area contributed by atoms with Crippen LogP contribution in [0.4, 0.5) is 5.82 Å². The Labute approximate surface area is 120 Å². The molecule has 0 aliphatic carbocycles. The quantitative estimate of drug-likeness (QED) is 0.638. The van der Waals surface area contributed by atoms with Crippen molar-refractivity contribution in [2.75, 3.05) is 6.54 Å². The van der Waals surface area contributed by atoms with Crippen molar-refractivity contribution in [1.82, 2.24) is 14.7 Å². The molecule has 0 aromatic carbocycles. The van der Waals surface area contributed by atoms with Crippen LogP contribution >= 0.6 is 0 Å². The SMILES string of the molecule is CC1CCN(C(=O)Cn2ccc([N+](=O)[O-])n2)C(C(=O)O)C1. The Kier molecular flexibility index (Phi) is 4.20. The number of nitrogens with zero attached hydrogens (tertiary/aromatic N) is 4. The minimum atomic E-state index is -1.03. The minimum absolute atomic E-state index is 0.202. The van der Waals surface area contributed by atoms with E-state index in [9.17, 15) is 24.8 Å². The Balaban J connectivity index is 2.07. The molecule has 0 saturated carbocycles. The van der Waals surface area contributed by atoms with E-state index in [4.69, 9.17) is 0 Å². The van der Waals surface area contributed by atoms with Crippen LogP contribution in [0.25, 0.3) is 0 Å². The van der Waals surface area contributed by atoms with Crippen molar-refractivity contribution < 1.29 is 19.6 Å². The monoisotopic (exact) mass is 296 g/mol. The van der Waals surface area contributed by atoms with Gasteiger partial charge in [-0.05, 0) is 23.7 Å². The lowest BCUT2D eigenvalue weighted by Crippen LogP contribution is -2.50. The lowest BCUT2D eigenvalue weighted by Gasteiger charge is -2.35. The largest absolute Gasteiger partial charge is 0.480 e. The molecule has 2 atom stereocenters. The molecular weight excluding hydrogens is 280 g/mol. The number of aliphatic carboxylic acids is 1. The van der Waals surface area contributed by atoms with Crippen molar-refractivity contribution in [2.45, 2.75) is 32.4 Å². The van der Waals surface area contributed by atoms with Crippen molar-refractivity contribution in [3.8, 4) is 0 Å². The van der Waals surface area contributed by atoms with Crippen LogP contribution < -0.4 is 0 Å². The third kappa shape index (κ3) is 3.36. The summed E-state index contributed by atoms with van der Waals surface area (Å²) < 4.78 is 1.15. The van der Waals surface area contributed by atoms with Gasteiger partial charge in [0.05, 0.1) is 17.4 Å². The number of carbonyl (C=O) groups excluding carboxylic acids is 1. The molecular formula is C12H16N4O5. The molecule has 0 spiro atoms. The van der Waals surface area contributed by atoms with Crippen LogP contribution in [-0.4, -0.2) is 49.2 Å². The number of aromatic nitrogens is 2. The second kappa shape index (κ2) is 5.90. The molecule has 9 nitrogen and oxygen atoms in total. The Morgan fingerprint density at radius 1 is 1.57 bits per heavy atom. The zero-order chi connectivity index (χ0) is 15.6. The van der Waals surface area contributed by atoms with E-state index in [1.54, 1.807) is 0 Å². The maximum Gasteiger partial charge on any atom is 0.389 e.